The van der Waals surface area contributed by atoms with E-state index in [-0.39, 0.29) is 0 Å². The summed E-state index contributed by atoms with van der Waals surface area (Å²) >= 11 is 0. The Balaban J connectivity index is 1.64. The van der Waals surface area contributed by atoms with Gasteiger partial charge in [0.1, 0.15) is 0 Å². The summed E-state index contributed by atoms with van der Waals surface area (Å²) in [6.45, 7) is 5.67. The van der Waals surface area contributed by atoms with Gasteiger partial charge in [0.2, 0.25) is 0 Å². The maximum Gasteiger partial charge on any atom is 0.0397 e. The molecule has 0 amide bonds. The minimum absolute atomic E-state index is 0.740. The van der Waals surface area contributed by atoms with Gasteiger partial charge in [0.05, 0.1) is 0 Å². The Labute approximate surface area is 115 Å². The Morgan fingerprint density at radius 3 is 2.58 bits per heavy atom. The fourth-order valence-electron chi connectivity index (χ4n) is 3.28. The van der Waals surface area contributed by atoms with Crippen molar-refractivity contribution in [3.05, 3.63) is 36.0 Å². The Morgan fingerprint density at radius 2 is 1.95 bits per heavy atom. The summed E-state index contributed by atoms with van der Waals surface area (Å²) in [4.78, 5) is 5.03. The highest BCUT2D eigenvalue weighted by Gasteiger charge is 2.24. The highest BCUT2D eigenvalue weighted by atomic mass is 15.2. The van der Waals surface area contributed by atoms with E-state index in [1.807, 2.05) is 6.07 Å². The number of hydrogen-bond donors (Lipinski definition) is 1. The Hall–Kier alpha value is -1.64. The molecule has 3 rings (SSSR count). The van der Waals surface area contributed by atoms with Gasteiger partial charge in [-0.25, -0.2) is 0 Å². The van der Waals surface area contributed by atoms with E-state index >= 15 is 0 Å². The van der Waals surface area contributed by atoms with Gasteiger partial charge in [0.25, 0.3) is 0 Å². The predicted octanol–water partition coefficient (Wildman–Crippen LogP) is 2.77. The summed E-state index contributed by atoms with van der Waals surface area (Å²) in [6, 6.07) is 6.99. The van der Waals surface area contributed by atoms with Crippen molar-refractivity contribution in [1.82, 2.24) is 4.90 Å². The van der Waals surface area contributed by atoms with Crippen LogP contribution in [-0.4, -0.2) is 30.6 Å². The van der Waals surface area contributed by atoms with Crippen LogP contribution < -0.4 is 10.6 Å². The number of piperidine rings is 1. The van der Waals surface area contributed by atoms with Crippen molar-refractivity contribution in [2.75, 3.05) is 30.3 Å². The van der Waals surface area contributed by atoms with E-state index in [2.05, 4.69) is 41.1 Å². The van der Waals surface area contributed by atoms with Crippen molar-refractivity contribution in [2.24, 2.45) is 0 Å². The van der Waals surface area contributed by atoms with Crippen LogP contribution >= 0.6 is 0 Å². The molecule has 1 saturated heterocycles. The van der Waals surface area contributed by atoms with E-state index in [0.29, 0.717) is 0 Å². The number of nitrogen functional groups attached to an aromatic ring is 1. The highest BCUT2D eigenvalue weighted by Crippen LogP contribution is 2.27. The summed E-state index contributed by atoms with van der Waals surface area (Å²) in [5.41, 5.74) is 9.33. The lowest BCUT2D eigenvalue weighted by Gasteiger charge is -2.38. The molecule has 0 saturated carbocycles. The number of nitrogens with zero attached hydrogens (tertiary/aromatic N) is 2. The van der Waals surface area contributed by atoms with E-state index in [0.717, 1.165) is 24.8 Å². The van der Waals surface area contributed by atoms with Gasteiger partial charge in [-0.05, 0) is 56.1 Å². The van der Waals surface area contributed by atoms with Crippen LogP contribution in [0.5, 0.6) is 0 Å². The third-order valence-corrected chi connectivity index (χ3v) is 4.35. The summed E-state index contributed by atoms with van der Waals surface area (Å²) in [6.07, 6.45) is 8.31. The molecule has 2 aliphatic heterocycles. The number of benzene rings is 1. The molecule has 2 aliphatic rings. The molecule has 0 aliphatic carbocycles. The molecule has 0 atom stereocenters. The molecular weight excluding hydrogens is 234 g/mol. The normalized spacial score (nSPS) is 20.3. The van der Waals surface area contributed by atoms with Crippen LogP contribution in [0.25, 0.3) is 0 Å². The second-order valence-electron chi connectivity index (χ2n) is 5.68. The lowest BCUT2D eigenvalue weighted by molar-refractivity contribution is 0.252. The fraction of sp³-hybridized carbons (Fsp3) is 0.500. The third kappa shape index (κ3) is 2.55. The van der Waals surface area contributed by atoms with Crippen LogP contribution in [0, 0.1) is 6.92 Å². The maximum absolute atomic E-state index is 5.83. The van der Waals surface area contributed by atoms with Gasteiger partial charge in [-0.2, -0.15) is 0 Å². The van der Waals surface area contributed by atoms with Crippen LogP contribution in [0.4, 0.5) is 11.4 Å². The summed E-state index contributed by atoms with van der Waals surface area (Å²) in [5, 5.41) is 0. The molecule has 1 fully saturated rings. The first-order chi connectivity index (χ1) is 9.24. The number of nitrogens with two attached hydrogens (primary N) is 1. The summed E-state index contributed by atoms with van der Waals surface area (Å²) in [5.74, 6) is 0. The molecule has 0 spiro atoms. The lowest BCUT2D eigenvalue weighted by atomic mass is 10.0. The van der Waals surface area contributed by atoms with E-state index in [9.17, 15) is 0 Å². The van der Waals surface area contributed by atoms with Gasteiger partial charge in [-0.3, -0.25) is 0 Å². The Bertz CT molecular complexity index is 473. The van der Waals surface area contributed by atoms with Crippen LogP contribution in [-0.2, 0) is 0 Å². The van der Waals surface area contributed by atoms with Gasteiger partial charge in [0.15, 0.2) is 0 Å². The monoisotopic (exact) mass is 257 g/mol. The van der Waals surface area contributed by atoms with Gasteiger partial charge < -0.3 is 15.5 Å². The smallest absolute Gasteiger partial charge is 0.0397 e. The van der Waals surface area contributed by atoms with E-state index in [1.165, 1.54) is 37.1 Å². The molecule has 3 heteroatoms. The van der Waals surface area contributed by atoms with E-state index in [4.69, 9.17) is 5.73 Å². The average molecular weight is 257 g/mol. The van der Waals surface area contributed by atoms with Gasteiger partial charge >= 0.3 is 0 Å². The largest absolute Gasteiger partial charge is 0.399 e. The van der Waals surface area contributed by atoms with Gasteiger partial charge in [0, 0.05) is 37.1 Å². The molecule has 1 aromatic carbocycles. The zero-order chi connectivity index (χ0) is 13.2. The Morgan fingerprint density at radius 1 is 1.16 bits per heavy atom. The summed E-state index contributed by atoms with van der Waals surface area (Å²) < 4.78 is 0. The van der Waals surface area contributed by atoms with Crippen molar-refractivity contribution >= 4 is 11.4 Å². The topological polar surface area (TPSA) is 32.5 Å². The Kier molecular flexibility index (Phi) is 3.36. The third-order valence-electron chi connectivity index (χ3n) is 4.35. The standard InChI is InChI=1S/C16H23N3/c1-13-12-14(17)4-5-16(13)19-10-6-15(7-11-19)18-8-2-3-9-18/h2,4-5,8,12,15H,3,6-7,9-11,17H2,1H3. The van der Waals surface area contributed by atoms with Crippen molar-refractivity contribution in [3.63, 3.8) is 0 Å². The number of hydrogen-bond acceptors (Lipinski definition) is 3. The quantitative estimate of drug-likeness (QED) is 0.827. The minimum atomic E-state index is 0.740. The SMILES string of the molecule is Cc1cc(N)ccc1N1CCC(N2C=CCC2)CC1. The van der Waals surface area contributed by atoms with Gasteiger partial charge in [-0.15, -0.1) is 0 Å². The number of anilines is 2. The van der Waals surface area contributed by atoms with Crippen LogP contribution in [0.3, 0.4) is 0 Å². The lowest BCUT2D eigenvalue weighted by Crippen LogP contribution is -2.42. The highest BCUT2D eigenvalue weighted by molar-refractivity contribution is 5.59. The first-order valence-electron chi connectivity index (χ1n) is 7.27. The van der Waals surface area contributed by atoms with Crippen LogP contribution in [0.2, 0.25) is 0 Å². The van der Waals surface area contributed by atoms with Crippen LogP contribution in [0.1, 0.15) is 24.8 Å². The molecule has 0 unspecified atom stereocenters. The fourth-order valence-corrected chi connectivity index (χ4v) is 3.28. The molecular formula is C16H23N3. The van der Waals surface area contributed by atoms with E-state index in [1.54, 1.807) is 0 Å². The molecule has 19 heavy (non-hydrogen) atoms. The first kappa shape index (κ1) is 12.4. The van der Waals surface area contributed by atoms with Gasteiger partial charge in [-0.1, -0.05) is 6.08 Å². The van der Waals surface area contributed by atoms with Crippen LogP contribution in [0.15, 0.2) is 30.5 Å². The average Bonchev–Trinajstić information content (AvgIpc) is 2.93. The molecule has 0 radical (unpaired) electrons. The predicted molar refractivity (Wildman–Crippen MR) is 81.3 cm³/mol. The molecule has 1 aromatic rings. The second kappa shape index (κ2) is 5.16. The molecule has 2 N–H and O–H groups in total. The van der Waals surface area contributed by atoms with Crippen molar-refractivity contribution in [1.29, 1.82) is 0 Å². The number of rotatable bonds is 2. The van der Waals surface area contributed by atoms with Crippen molar-refractivity contribution in [3.8, 4) is 0 Å². The van der Waals surface area contributed by atoms with E-state index < -0.39 is 0 Å². The molecule has 0 bridgehead atoms. The zero-order valence-corrected chi connectivity index (χ0v) is 11.7. The number of aryl methyl sites for hydroxylation is 1. The molecule has 102 valence electrons. The van der Waals surface area contributed by atoms with Crippen molar-refractivity contribution < 1.29 is 0 Å². The molecule has 3 nitrogen and oxygen atoms in total. The minimum Gasteiger partial charge on any atom is -0.399 e. The summed E-state index contributed by atoms with van der Waals surface area (Å²) in [7, 11) is 0. The molecule has 0 aromatic heterocycles. The first-order valence-corrected chi connectivity index (χ1v) is 7.27. The van der Waals surface area contributed by atoms with Crippen molar-refractivity contribution in [2.45, 2.75) is 32.2 Å². The maximum atomic E-state index is 5.83. The second-order valence-corrected chi connectivity index (χ2v) is 5.68. The molecule has 2 heterocycles. The zero-order valence-electron chi connectivity index (χ0n) is 11.7.